The van der Waals surface area contributed by atoms with Crippen molar-refractivity contribution >= 4 is 5.97 Å². The standard InChI is InChI=1S/C27H24F5N3O6/c1-14(25(36)37)10-15(2)39-20-5-3-4-18-23(20)35(34-24(18)26(28,29)30)17-8-9-33-22(12-17)38-13-16-6-7-19-21(11-16)41-27(31,32)40-19/h6-9,11-12,15,20H,1,3-5,10,13H2,2H3,(H,36,37). The Morgan fingerprint density at radius 2 is 2.00 bits per heavy atom. The van der Waals surface area contributed by atoms with Gasteiger partial charge in [-0.25, -0.2) is 14.5 Å². The molecule has 0 spiro atoms. The van der Waals surface area contributed by atoms with E-state index in [0.717, 1.165) is 4.68 Å². The van der Waals surface area contributed by atoms with Crippen LogP contribution in [0.3, 0.4) is 0 Å². The SMILES string of the molecule is C=C(CC(C)OC1CCCc2c(C(F)(F)F)nn(-c3ccnc(OCc4ccc5c(c4)OC(F)(F)O5)c3)c21)C(=O)O. The van der Waals surface area contributed by atoms with Crippen molar-refractivity contribution in [3.63, 3.8) is 0 Å². The third kappa shape index (κ3) is 6.11. The summed E-state index contributed by atoms with van der Waals surface area (Å²) in [5, 5.41) is 13.0. The Morgan fingerprint density at radius 1 is 1.24 bits per heavy atom. The first kappa shape index (κ1) is 28.3. The summed E-state index contributed by atoms with van der Waals surface area (Å²) in [6.07, 6.45) is -7.62. The zero-order valence-electron chi connectivity index (χ0n) is 21.6. The third-order valence-corrected chi connectivity index (χ3v) is 6.54. The quantitative estimate of drug-likeness (QED) is 0.242. The van der Waals surface area contributed by atoms with Crippen LogP contribution in [0.15, 0.2) is 48.7 Å². The molecule has 0 saturated heterocycles. The molecule has 0 radical (unpaired) electrons. The second-order valence-corrected chi connectivity index (χ2v) is 9.65. The number of fused-ring (bicyclic) bond motifs is 2. The van der Waals surface area contributed by atoms with Gasteiger partial charge in [-0.2, -0.15) is 18.3 Å². The Morgan fingerprint density at radius 3 is 2.73 bits per heavy atom. The fourth-order valence-corrected chi connectivity index (χ4v) is 4.81. The molecule has 1 N–H and O–H groups in total. The number of aromatic nitrogens is 3. The molecule has 41 heavy (non-hydrogen) atoms. The molecule has 5 rings (SSSR count). The lowest BCUT2D eigenvalue weighted by Crippen LogP contribution is -2.25. The Kier molecular flexibility index (Phi) is 7.36. The Bertz CT molecular complexity index is 1490. The van der Waals surface area contributed by atoms with Crippen LogP contribution in [0.5, 0.6) is 17.4 Å². The summed E-state index contributed by atoms with van der Waals surface area (Å²) in [6.45, 7) is 5.01. The molecular weight excluding hydrogens is 557 g/mol. The number of hydrogen-bond acceptors (Lipinski definition) is 7. The zero-order chi connectivity index (χ0) is 29.5. The summed E-state index contributed by atoms with van der Waals surface area (Å²) < 4.78 is 90.3. The van der Waals surface area contributed by atoms with Gasteiger partial charge in [-0.3, -0.25) is 0 Å². The van der Waals surface area contributed by atoms with Crippen molar-refractivity contribution in [2.75, 3.05) is 0 Å². The Hall–Kier alpha value is -4.20. The molecule has 2 aliphatic rings. The van der Waals surface area contributed by atoms with Crippen molar-refractivity contribution in [3.05, 3.63) is 71.2 Å². The predicted octanol–water partition coefficient (Wildman–Crippen LogP) is 6.00. The van der Waals surface area contributed by atoms with Gasteiger partial charge in [0.05, 0.1) is 17.5 Å². The van der Waals surface area contributed by atoms with Crippen LogP contribution in [0.25, 0.3) is 5.69 Å². The number of pyridine rings is 1. The molecule has 1 aliphatic heterocycles. The smallest absolute Gasteiger partial charge is 0.478 e. The van der Waals surface area contributed by atoms with Gasteiger partial charge >= 0.3 is 18.4 Å². The molecule has 0 fully saturated rings. The summed E-state index contributed by atoms with van der Waals surface area (Å²) in [5.74, 6) is -1.42. The molecule has 2 aromatic heterocycles. The van der Waals surface area contributed by atoms with Crippen LogP contribution in [0.2, 0.25) is 0 Å². The summed E-state index contributed by atoms with van der Waals surface area (Å²) in [6, 6.07) is 6.98. The van der Waals surface area contributed by atoms with E-state index in [4.69, 9.17) is 14.6 Å². The second kappa shape index (κ2) is 10.7. The third-order valence-electron chi connectivity index (χ3n) is 6.54. The highest BCUT2D eigenvalue weighted by Crippen LogP contribution is 2.43. The highest BCUT2D eigenvalue weighted by atomic mass is 19.4. The van der Waals surface area contributed by atoms with Crippen molar-refractivity contribution in [1.82, 2.24) is 14.8 Å². The minimum atomic E-state index is -4.72. The first-order chi connectivity index (χ1) is 19.3. The molecule has 2 unspecified atom stereocenters. The average Bonchev–Trinajstić information content (AvgIpc) is 3.44. The molecule has 1 aromatic carbocycles. The molecule has 0 saturated carbocycles. The lowest BCUT2D eigenvalue weighted by atomic mass is 9.92. The van der Waals surface area contributed by atoms with E-state index in [9.17, 15) is 26.7 Å². The van der Waals surface area contributed by atoms with Crippen molar-refractivity contribution < 1.29 is 50.8 Å². The molecule has 9 nitrogen and oxygen atoms in total. The van der Waals surface area contributed by atoms with Crippen LogP contribution in [-0.4, -0.2) is 38.2 Å². The molecule has 2 atom stereocenters. The van der Waals surface area contributed by atoms with E-state index in [0.29, 0.717) is 18.4 Å². The number of ether oxygens (including phenoxy) is 4. The van der Waals surface area contributed by atoms with E-state index in [2.05, 4.69) is 26.1 Å². The van der Waals surface area contributed by atoms with Gasteiger partial charge in [0, 0.05) is 29.8 Å². The maximum Gasteiger partial charge on any atom is 0.586 e. The van der Waals surface area contributed by atoms with Gasteiger partial charge in [-0.05, 0) is 49.9 Å². The van der Waals surface area contributed by atoms with Gasteiger partial charge < -0.3 is 24.1 Å². The fraction of sp³-hybridized carbons (Fsp3) is 0.370. The van der Waals surface area contributed by atoms with Crippen molar-refractivity contribution in [1.29, 1.82) is 0 Å². The number of carboxylic acids is 1. The number of aliphatic carboxylic acids is 1. The number of alkyl halides is 5. The average molecular weight is 581 g/mol. The largest absolute Gasteiger partial charge is 0.586 e. The van der Waals surface area contributed by atoms with Crippen LogP contribution < -0.4 is 14.2 Å². The summed E-state index contributed by atoms with van der Waals surface area (Å²) in [5.41, 5.74) is -0.201. The summed E-state index contributed by atoms with van der Waals surface area (Å²) in [4.78, 5) is 15.3. The van der Waals surface area contributed by atoms with Gasteiger partial charge in [0.1, 0.15) is 12.7 Å². The molecule has 1 aliphatic carbocycles. The first-order valence-corrected chi connectivity index (χ1v) is 12.5. The van der Waals surface area contributed by atoms with Gasteiger partial charge in [0.25, 0.3) is 0 Å². The number of halogens is 5. The van der Waals surface area contributed by atoms with Crippen LogP contribution in [0.4, 0.5) is 22.0 Å². The molecule has 218 valence electrons. The molecule has 0 amide bonds. The van der Waals surface area contributed by atoms with E-state index in [1.807, 2.05) is 0 Å². The number of carbonyl (C=O) groups is 1. The van der Waals surface area contributed by atoms with E-state index in [1.165, 1.54) is 36.5 Å². The van der Waals surface area contributed by atoms with Crippen LogP contribution in [0.1, 0.15) is 54.8 Å². The molecule has 14 heteroatoms. The van der Waals surface area contributed by atoms with Crippen molar-refractivity contribution in [3.8, 4) is 23.1 Å². The van der Waals surface area contributed by atoms with Gasteiger partial charge in [-0.1, -0.05) is 12.6 Å². The highest BCUT2D eigenvalue weighted by Gasteiger charge is 2.44. The maximum absolute atomic E-state index is 14.0. The lowest BCUT2D eigenvalue weighted by molar-refractivity contribution is -0.286. The minimum Gasteiger partial charge on any atom is -0.478 e. The lowest BCUT2D eigenvalue weighted by Gasteiger charge is -2.28. The number of rotatable bonds is 9. The molecule has 0 bridgehead atoms. The van der Waals surface area contributed by atoms with E-state index < -0.39 is 36.3 Å². The fourth-order valence-electron chi connectivity index (χ4n) is 4.81. The topological polar surface area (TPSA) is 105 Å². The minimum absolute atomic E-state index is 0.00776. The molecule has 3 aromatic rings. The van der Waals surface area contributed by atoms with Crippen molar-refractivity contribution in [2.45, 2.75) is 63.9 Å². The normalized spacial score (nSPS) is 18.0. The summed E-state index contributed by atoms with van der Waals surface area (Å²) in [7, 11) is 0. The zero-order valence-corrected chi connectivity index (χ0v) is 21.6. The number of hydrogen-bond donors (Lipinski definition) is 1. The van der Waals surface area contributed by atoms with Gasteiger partial charge in [0.2, 0.25) is 5.88 Å². The number of carboxylic acid groups (broad SMARTS) is 1. The van der Waals surface area contributed by atoms with Crippen LogP contribution in [-0.2, 0) is 28.7 Å². The van der Waals surface area contributed by atoms with Crippen LogP contribution in [0, 0.1) is 0 Å². The number of benzene rings is 1. The summed E-state index contributed by atoms with van der Waals surface area (Å²) >= 11 is 0. The van der Waals surface area contributed by atoms with E-state index in [-0.39, 0.29) is 59.3 Å². The van der Waals surface area contributed by atoms with E-state index >= 15 is 0 Å². The second-order valence-electron chi connectivity index (χ2n) is 9.65. The monoisotopic (exact) mass is 581 g/mol. The first-order valence-electron chi connectivity index (χ1n) is 12.5. The molecule has 3 heterocycles. The highest BCUT2D eigenvalue weighted by molar-refractivity contribution is 5.85. The van der Waals surface area contributed by atoms with Gasteiger partial charge in [0.15, 0.2) is 17.2 Å². The Balaban J connectivity index is 1.41. The number of nitrogens with zero attached hydrogens (tertiary/aromatic N) is 3. The van der Waals surface area contributed by atoms with Crippen molar-refractivity contribution in [2.24, 2.45) is 0 Å². The molecular formula is C27H24F5N3O6. The Labute approximate surface area is 230 Å². The maximum atomic E-state index is 14.0. The van der Waals surface area contributed by atoms with E-state index in [1.54, 1.807) is 6.92 Å². The van der Waals surface area contributed by atoms with Gasteiger partial charge in [-0.15, -0.1) is 8.78 Å². The predicted molar refractivity (Wildman–Crippen MR) is 131 cm³/mol. The van der Waals surface area contributed by atoms with Crippen LogP contribution >= 0.6 is 0 Å².